The van der Waals surface area contributed by atoms with E-state index < -0.39 is 0 Å². The molecule has 1 fully saturated rings. The number of nitrogens with zero attached hydrogens (tertiary/aromatic N) is 2. The Morgan fingerprint density at radius 1 is 1.14 bits per heavy atom. The molecule has 0 radical (unpaired) electrons. The maximum absolute atomic E-state index is 12.6. The molecule has 2 heterocycles. The maximum Gasteiger partial charge on any atom is 0.229 e. The summed E-state index contributed by atoms with van der Waals surface area (Å²) in [6.07, 6.45) is 1.47. The Bertz CT molecular complexity index is 968. The molecule has 3 amide bonds. The van der Waals surface area contributed by atoms with Gasteiger partial charge in [-0.3, -0.25) is 14.4 Å². The van der Waals surface area contributed by atoms with Gasteiger partial charge in [-0.25, -0.2) is 0 Å². The molecular formula is C23H25N3O3. The molecule has 0 spiro atoms. The number of amides is 3. The molecule has 2 aliphatic rings. The van der Waals surface area contributed by atoms with Crippen LogP contribution >= 0.6 is 0 Å². The number of fused-ring (bicyclic) bond motifs is 1. The smallest absolute Gasteiger partial charge is 0.229 e. The molecule has 0 unspecified atom stereocenters. The standard InChI is InChI=1S/C23H25N3O3/c1-3-21(27)25-11-10-16-12-19(8-9-20(16)25)26-14-17(13-22(26)28)23(29)24-18-6-4-15(2)5-7-18/h4-9,12,17H,3,10-11,13-14H2,1-2H3,(H,24,29)/t17-/m1/s1. The second-order valence-corrected chi connectivity index (χ2v) is 7.72. The van der Waals surface area contributed by atoms with Crippen molar-refractivity contribution < 1.29 is 14.4 Å². The number of benzene rings is 2. The van der Waals surface area contributed by atoms with Crippen molar-refractivity contribution in [2.45, 2.75) is 33.1 Å². The Morgan fingerprint density at radius 2 is 1.90 bits per heavy atom. The van der Waals surface area contributed by atoms with Gasteiger partial charge < -0.3 is 15.1 Å². The number of hydrogen-bond donors (Lipinski definition) is 1. The lowest BCUT2D eigenvalue weighted by molar-refractivity contribution is -0.122. The second kappa shape index (κ2) is 7.70. The molecule has 1 saturated heterocycles. The molecule has 1 atom stereocenters. The molecule has 150 valence electrons. The minimum Gasteiger partial charge on any atom is -0.326 e. The first-order valence-corrected chi connectivity index (χ1v) is 10.1. The number of carbonyl (C=O) groups is 3. The lowest BCUT2D eigenvalue weighted by atomic mass is 10.1. The zero-order valence-electron chi connectivity index (χ0n) is 16.8. The van der Waals surface area contributed by atoms with E-state index in [4.69, 9.17) is 0 Å². The van der Waals surface area contributed by atoms with Gasteiger partial charge >= 0.3 is 0 Å². The lowest BCUT2D eigenvalue weighted by Crippen LogP contribution is -2.28. The molecular weight excluding hydrogens is 366 g/mol. The Labute approximate surface area is 170 Å². The molecule has 2 aromatic rings. The Kier molecular flexibility index (Phi) is 5.09. The number of rotatable bonds is 4. The molecule has 0 aromatic heterocycles. The van der Waals surface area contributed by atoms with E-state index in [-0.39, 0.29) is 30.1 Å². The number of nitrogens with one attached hydrogen (secondary N) is 1. The number of aryl methyl sites for hydroxylation is 1. The molecule has 0 saturated carbocycles. The summed E-state index contributed by atoms with van der Waals surface area (Å²) >= 11 is 0. The van der Waals surface area contributed by atoms with Crippen LogP contribution in [0, 0.1) is 12.8 Å². The van der Waals surface area contributed by atoms with Crippen LogP contribution in [0.25, 0.3) is 0 Å². The molecule has 4 rings (SSSR count). The Hall–Kier alpha value is -3.15. The first kappa shape index (κ1) is 19.2. The predicted molar refractivity (Wildman–Crippen MR) is 113 cm³/mol. The molecule has 29 heavy (non-hydrogen) atoms. The van der Waals surface area contributed by atoms with Gasteiger partial charge in [0.05, 0.1) is 5.92 Å². The zero-order chi connectivity index (χ0) is 20.5. The van der Waals surface area contributed by atoms with Crippen molar-refractivity contribution in [1.29, 1.82) is 0 Å². The van der Waals surface area contributed by atoms with Gasteiger partial charge in [0, 0.05) is 43.0 Å². The Morgan fingerprint density at radius 3 is 2.62 bits per heavy atom. The van der Waals surface area contributed by atoms with Crippen molar-refractivity contribution in [2.75, 3.05) is 28.2 Å². The highest BCUT2D eigenvalue weighted by atomic mass is 16.2. The van der Waals surface area contributed by atoms with Gasteiger partial charge in [-0.2, -0.15) is 0 Å². The lowest BCUT2D eigenvalue weighted by Gasteiger charge is -2.20. The van der Waals surface area contributed by atoms with Crippen LogP contribution in [0.4, 0.5) is 17.1 Å². The monoisotopic (exact) mass is 391 g/mol. The van der Waals surface area contributed by atoms with Crippen LogP contribution in [-0.4, -0.2) is 30.8 Å². The largest absolute Gasteiger partial charge is 0.326 e. The van der Waals surface area contributed by atoms with Crippen molar-refractivity contribution >= 4 is 34.8 Å². The zero-order valence-corrected chi connectivity index (χ0v) is 16.8. The minimum absolute atomic E-state index is 0.0477. The first-order valence-electron chi connectivity index (χ1n) is 10.1. The summed E-state index contributed by atoms with van der Waals surface area (Å²) in [4.78, 5) is 40.8. The molecule has 2 aromatic carbocycles. The Balaban J connectivity index is 1.46. The fourth-order valence-corrected chi connectivity index (χ4v) is 4.02. The normalized spacial score (nSPS) is 18.1. The number of hydrogen-bond acceptors (Lipinski definition) is 3. The second-order valence-electron chi connectivity index (χ2n) is 7.72. The third-order valence-corrected chi connectivity index (χ3v) is 5.69. The summed E-state index contributed by atoms with van der Waals surface area (Å²) in [5, 5.41) is 2.91. The topological polar surface area (TPSA) is 69.7 Å². The van der Waals surface area contributed by atoms with Crippen LogP contribution in [0.3, 0.4) is 0 Å². The van der Waals surface area contributed by atoms with Crippen molar-refractivity contribution in [3.05, 3.63) is 53.6 Å². The van der Waals surface area contributed by atoms with Crippen LogP contribution in [0.2, 0.25) is 0 Å². The van der Waals surface area contributed by atoms with E-state index in [0.717, 1.165) is 34.6 Å². The van der Waals surface area contributed by atoms with Gasteiger partial charge in [-0.1, -0.05) is 24.6 Å². The van der Waals surface area contributed by atoms with Crippen LogP contribution in [0.5, 0.6) is 0 Å². The summed E-state index contributed by atoms with van der Waals surface area (Å²) in [7, 11) is 0. The van der Waals surface area contributed by atoms with E-state index in [0.29, 0.717) is 19.5 Å². The fraction of sp³-hybridized carbons (Fsp3) is 0.348. The van der Waals surface area contributed by atoms with Gasteiger partial charge in [0.25, 0.3) is 0 Å². The highest BCUT2D eigenvalue weighted by molar-refractivity contribution is 6.04. The van der Waals surface area contributed by atoms with Crippen LogP contribution < -0.4 is 15.1 Å². The molecule has 0 bridgehead atoms. The van der Waals surface area contributed by atoms with E-state index in [2.05, 4.69) is 5.32 Å². The maximum atomic E-state index is 12.6. The highest BCUT2D eigenvalue weighted by Crippen LogP contribution is 2.34. The predicted octanol–water partition coefficient (Wildman–Crippen LogP) is 3.29. The van der Waals surface area contributed by atoms with E-state index in [1.54, 1.807) is 4.90 Å². The van der Waals surface area contributed by atoms with Gasteiger partial charge in [-0.15, -0.1) is 0 Å². The molecule has 6 nitrogen and oxygen atoms in total. The SMILES string of the molecule is CCC(=O)N1CCc2cc(N3C[C@H](C(=O)Nc4ccc(C)cc4)CC3=O)ccc21. The fourth-order valence-electron chi connectivity index (χ4n) is 4.02. The van der Waals surface area contributed by atoms with Crippen molar-refractivity contribution in [3.63, 3.8) is 0 Å². The average molecular weight is 391 g/mol. The summed E-state index contributed by atoms with van der Waals surface area (Å²) in [5.74, 6) is -0.448. The van der Waals surface area contributed by atoms with Crippen LogP contribution in [-0.2, 0) is 20.8 Å². The minimum atomic E-state index is -0.379. The van der Waals surface area contributed by atoms with Crippen LogP contribution in [0.1, 0.15) is 30.9 Å². The summed E-state index contributed by atoms with van der Waals surface area (Å²) < 4.78 is 0. The van der Waals surface area contributed by atoms with Gasteiger partial charge in [-0.05, 0) is 49.2 Å². The van der Waals surface area contributed by atoms with E-state index >= 15 is 0 Å². The third kappa shape index (κ3) is 3.75. The summed E-state index contributed by atoms with van der Waals surface area (Å²) in [6, 6.07) is 13.4. The van der Waals surface area contributed by atoms with E-state index in [9.17, 15) is 14.4 Å². The summed E-state index contributed by atoms with van der Waals surface area (Å²) in [5.41, 5.74) is 4.67. The molecule has 1 N–H and O–H groups in total. The van der Waals surface area contributed by atoms with Crippen molar-refractivity contribution in [3.8, 4) is 0 Å². The third-order valence-electron chi connectivity index (χ3n) is 5.69. The molecule has 2 aliphatic heterocycles. The van der Waals surface area contributed by atoms with Crippen molar-refractivity contribution in [2.24, 2.45) is 5.92 Å². The van der Waals surface area contributed by atoms with Gasteiger partial charge in [0.1, 0.15) is 0 Å². The van der Waals surface area contributed by atoms with Gasteiger partial charge in [0.15, 0.2) is 0 Å². The number of anilines is 3. The number of carbonyl (C=O) groups excluding carboxylic acids is 3. The van der Waals surface area contributed by atoms with Crippen LogP contribution in [0.15, 0.2) is 42.5 Å². The highest BCUT2D eigenvalue weighted by Gasteiger charge is 2.36. The first-order chi connectivity index (χ1) is 14.0. The summed E-state index contributed by atoms with van der Waals surface area (Å²) in [6.45, 7) is 4.90. The average Bonchev–Trinajstić information content (AvgIpc) is 3.32. The molecule has 0 aliphatic carbocycles. The van der Waals surface area contributed by atoms with E-state index in [1.165, 1.54) is 0 Å². The molecule has 6 heteroatoms. The van der Waals surface area contributed by atoms with Crippen molar-refractivity contribution in [1.82, 2.24) is 0 Å². The van der Waals surface area contributed by atoms with Gasteiger partial charge in [0.2, 0.25) is 17.7 Å². The quantitative estimate of drug-likeness (QED) is 0.870. The van der Waals surface area contributed by atoms with E-state index in [1.807, 2.05) is 61.2 Å².